The van der Waals surface area contributed by atoms with Crippen LogP contribution in [0.4, 0.5) is 5.82 Å². The van der Waals surface area contributed by atoms with Gasteiger partial charge in [-0.3, -0.25) is 4.79 Å². The molecule has 0 bridgehead atoms. The van der Waals surface area contributed by atoms with Gasteiger partial charge in [0.05, 0.1) is 0 Å². The first-order valence-electron chi connectivity index (χ1n) is 8.26. The number of nitrogens with zero attached hydrogens (tertiary/aromatic N) is 2. The average Bonchev–Trinajstić information content (AvgIpc) is 2.55. The number of pyridine rings is 1. The molecule has 0 saturated heterocycles. The van der Waals surface area contributed by atoms with Crippen molar-refractivity contribution < 1.29 is 4.79 Å². The summed E-state index contributed by atoms with van der Waals surface area (Å²) in [5, 5.41) is 3.14. The van der Waals surface area contributed by atoms with Crippen LogP contribution in [-0.4, -0.2) is 36.4 Å². The fourth-order valence-electron chi connectivity index (χ4n) is 3.09. The van der Waals surface area contributed by atoms with Crippen molar-refractivity contribution in [1.29, 1.82) is 0 Å². The first-order valence-corrected chi connectivity index (χ1v) is 9.88. The number of nitrogens with one attached hydrogen (secondary N) is 1. The number of alkyl halides is 1. The summed E-state index contributed by atoms with van der Waals surface area (Å²) < 4.78 is 1.16. The highest BCUT2D eigenvalue weighted by Gasteiger charge is 2.23. The van der Waals surface area contributed by atoms with Crippen LogP contribution in [0.3, 0.4) is 0 Å². The Morgan fingerprint density at radius 2 is 2.13 bits per heavy atom. The van der Waals surface area contributed by atoms with Crippen molar-refractivity contribution in [2.75, 3.05) is 24.4 Å². The molecular formula is C17H25ClIN3O. The standard InChI is InChI=1S/C17H25ClIN3O/c1-22(16-9-6-14(19)11-20-16)12-13-4-7-15(8-5-13)21-17(23)3-2-10-18/h6,9,11,13,15H,2-5,7-8,10,12H2,1H3,(H,21,23)/t13-,15-. The summed E-state index contributed by atoms with van der Waals surface area (Å²) in [7, 11) is 2.11. The van der Waals surface area contributed by atoms with E-state index in [1.807, 2.05) is 6.20 Å². The number of halogens is 2. The zero-order valence-electron chi connectivity index (χ0n) is 13.6. The quantitative estimate of drug-likeness (QED) is 0.508. The first kappa shape index (κ1) is 18.8. The van der Waals surface area contributed by atoms with Crippen LogP contribution in [0.2, 0.25) is 0 Å². The molecule has 1 aromatic rings. The number of hydrogen-bond donors (Lipinski definition) is 1. The Bertz CT molecular complexity index is 489. The molecule has 1 heterocycles. The van der Waals surface area contributed by atoms with E-state index in [0.717, 1.165) is 48.0 Å². The number of anilines is 1. The molecule has 0 spiro atoms. The number of carbonyl (C=O) groups is 1. The van der Waals surface area contributed by atoms with E-state index in [2.05, 4.69) is 57.0 Å². The Kier molecular flexibility index (Phi) is 7.89. The van der Waals surface area contributed by atoms with Gasteiger partial charge in [0, 0.05) is 41.7 Å². The van der Waals surface area contributed by atoms with Gasteiger partial charge in [-0.2, -0.15) is 0 Å². The number of aromatic nitrogens is 1. The summed E-state index contributed by atoms with van der Waals surface area (Å²) >= 11 is 7.90. The Hall–Kier alpha value is -0.560. The van der Waals surface area contributed by atoms with Gasteiger partial charge in [0.25, 0.3) is 0 Å². The van der Waals surface area contributed by atoms with E-state index in [1.165, 1.54) is 0 Å². The summed E-state index contributed by atoms with van der Waals surface area (Å²) in [5.41, 5.74) is 0. The van der Waals surface area contributed by atoms with Crippen molar-refractivity contribution >= 4 is 45.9 Å². The number of carbonyl (C=O) groups excluding carboxylic acids is 1. The molecule has 1 amide bonds. The van der Waals surface area contributed by atoms with E-state index in [9.17, 15) is 4.79 Å². The second-order valence-electron chi connectivity index (χ2n) is 6.29. The summed E-state index contributed by atoms with van der Waals surface area (Å²) in [4.78, 5) is 18.5. The lowest BCUT2D eigenvalue weighted by Gasteiger charge is -2.32. The van der Waals surface area contributed by atoms with Crippen LogP contribution in [0, 0.1) is 9.49 Å². The molecule has 0 aliphatic heterocycles. The Morgan fingerprint density at radius 1 is 1.39 bits per heavy atom. The lowest BCUT2D eigenvalue weighted by atomic mass is 9.85. The van der Waals surface area contributed by atoms with Crippen molar-refractivity contribution in [2.24, 2.45) is 5.92 Å². The predicted molar refractivity (Wildman–Crippen MR) is 104 cm³/mol. The number of rotatable bonds is 7. The van der Waals surface area contributed by atoms with E-state index < -0.39 is 0 Å². The smallest absolute Gasteiger partial charge is 0.220 e. The third kappa shape index (κ3) is 6.45. The Balaban J connectivity index is 1.72. The number of hydrogen-bond acceptors (Lipinski definition) is 3. The molecule has 1 fully saturated rings. The average molecular weight is 450 g/mol. The van der Waals surface area contributed by atoms with Gasteiger partial charge >= 0.3 is 0 Å². The van der Waals surface area contributed by atoms with Gasteiger partial charge in [-0.1, -0.05) is 0 Å². The maximum absolute atomic E-state index is 11.8. The van der Waals surface area contributed by atoms with Crippen molar-refractivity contribution in [3.05, 3.63) is 21.9 Å². The topological polar surface area (TPSA) is 45.2 Å². The molecule has 1 N–H and O–H groups in total. The molecule has 0 radical (unpaired) electrons. The summed E-state index contributed by atoms with van der Waals surface area (Å²) in [6.45, 7) is 1.03. The highest BCUT2D eigenvalue weighted by molar-refractivity contribution is 14.1. The molecule has 6 heteroatoms. The zero-order chi connectivity index (χ0) is 16.7. The van der Waals surface area contributed by atoms with Crippen LogP contribution in [0.5, 0.6) is 0 Å². The third-order valence-corrected chi connectivity index (χ3v) is 5.29. The van der Waals surface area contributed by atoms with Gasteiger partial charge in [-0.15, -0.1) is 11.6 Å². The van der Waals surface area contributed by atoms with E-state index in [0.29, 0.717) is 24.3 Å². The summed E-state index contributed by atoms with van der Waals surface area (Å²) in [6, 6.07) is 4.51. The predicted octanol–water partition coefficient (Wildman–Crippen LogP) is 3.82. The minimum absolute atomic E-state index is 0.148. The van der Waals surface area contributed by atoms with E-state index in [1.54, 1.807) is 0 Å². The van der Waals surface area contributed by atoms with Crippen molar-refractivity contribution in [2.45, 2.75) is 44.6 Å². The Morgan fingerprint density at radius 3 is 2.74 bits per heavy atom. The zero-order valence-corrected chi connectivity index (χ0v) is 16.5. The van der Waals surface area contributed by atoms with Crippen LogP contribution >= 0.6 is 34.2 Å². The van der Waals surface area contributed by atoms with Crippen LogP contribution in [0.15, 0.2) is 18.3 Å². The minimum Gasteiger partial charge on any atom is -0.359 e. The second-order valence-corrected chi connectivity index (χ2v) is 7.92. The fourth-order valence-corrected chi connectivity index (χ4v) is 3.54. The lowest BCUT2D eigenvalue weighted by Crippen LogP contribution is -2.39. The first-order chi connectivity index (χ1) is 11.1. The van der Waals surface area contributed by atoms with Gasteiger partial charge < -0.3 is 10.2 Å². The highest BCUT2D eigenvalue weighted by Crippen LogP contribution is 2.26. The molecule has 0 aromatic carbocycles. The molecule has 1 aliphatic carbocycles. The van der Waals surface area contributed by atoms with Crippen LogP contribution in [-0.2, 0) is 4.79 Å². The molecule has 1 aromatic heterocycles. The highest BCUT2D eigenvalue weighted by atomic mass is 127. The molecule has 23 heavy (non-hydrogen) atoms. The largest absolute Gasteiger partial charge is 0.359 e. The van der Waals surface area contributed by atoms with Crippen molar-refractivity contribution in [1.82, 2.24) is 10.3 Å². The lowest BCUT2D eigenvalue weighted by molar-refractivity contribution is -0.122. The number of amides is 1. The minimum atomic E-state index is 0.148. The molecular weight excluding hydrogens is 425 g/mol. The SMILES string of the molecule is CN(C[C@H]1CC[C@H](NC(=O)CCCCl)CC1)c1ccc(I)cn1. The molecule has 2 rings (SSSR count). The van der Waals surface area contributed by atoms with E-state index in [4.69, 9.17) is 11.6 Å². The van der Waals surface area contributed by atoms with Crippen molar-refractivity contribution in [3.63, 3.8) is 0 Å². The van der Waals surface area contributed by atoms with Gasteiger partial charge in [0.1, 0.15) is 5.82 Å². The molecule has 1 saturated carbocycles. The van der Waals surface area contributed by atoms with E-state index in [-0.39, 0.29) is 5.91 Å². The molecule has 1 aliphatic rings. The summed E-state index contributed by atoms with van der Waals surface area (Å²) in [5.74, 6) is 2.41. The van der Waals surface area contributed by atoms with Gasteiger partial charge in [-0.05, 0) is 72.7 Å². The fraction of sp³-hybridized carbons (Fsp3) is 0.647. The third-order valence-electron chi connectivity index (χ3n) is 4.38. The second kappa shape index (κ2) is 9.67. The van der Waals surface area contributed by atoms with Gasteiger partial charge in [0.15, 0.2) is 0 Å². The van der Waals surface area contributed by atoms with Crippen LogP contribution < -0.4 is 10.2 Å². The van der Waals surface area contributed by atoms with Crippen LogP contribution in [0.25, 0.3) is 0 Å². The van der Waals surface area contributed by atoms with Gasteiger partial charge in [-0.25, -0.2) is 4.98 Å². The van der Waals surface area contributed by atoms with Crippen LogP contribution in [0.1, 0.15) is 38.5 Å². The Labute approximate surface area is 157 Å². The van der Waals surface area contributed by atoms with Gasteiger partial charge in [0.2, 0.25) is 5.91 Å². The molecule has 0 unspecified atom stereocenters. The normalized spacial score (nSPS) is 21.0. The monoisotopic (exact) mass is 449 g/mol. The van der Waals surface area contributed by atoms with E-state index >= 15 is 0 Å². The molecule has 128 valence electrons. The maximum Gasteiger partial charge on any atom is 0.220 e. The van der Waals surface area contributed by atoms with Crippen molar-refractivity contribution in [3.8, 4) is 0 Å². The summed E-state index contributed by atoms with van der Waals surface area (Å²) in [6.07, 6.45) is 7.68. The molecule has 4 nitrogen and oxygen atoms in total. The maximum atomic E-state index is 11.8. The molecule has 0 atom stereocenters.